The molecule has 0 aliphatic carbocycles. The van der Waals surface area contributed by atoms with E-state index in [1.54, 1.807) is 12.1 Å². The maximum atomic E-state index is 12.4. The third kappa shape index (κ3) is 3.18. The van der Waals surface area contributed by atoms with Crippen molar-refractivity contribution >= 4 is 22.5 Å². The minimum Gasteiger partial charge on any atom is -0.435 e. The van der Waals surface area contributed by atoms with E-state index in [-0.39, 0.29) is 17.6 Å². The first kappa shape index (κ1) is 15.5. The standard InChI is InChI=1S/C16H17F2N3O2/c1-9-6-14(21-5-4-10(8-21)15(19)22)12-7-11(23-16(17)18)2-3-13(12)20-9/h2-3,6-7,10,16H,4-5,8H2,1H3,(H2,19,22)/t10-/m1/s1. The molecule has 3 rings (SSSR count). The summed E-state index contributed by atoms with van der Waals surface area (Å²) in [4.78, 5) is 17.8. The molecule has 0 bridgehead atoms. The van der Waals surface area contributed by atoms with E-state index in [4.69, 9.17) is 5.73 Å². The Morgan fingerprint density at radius 1 is 1.43 bits per heavy atom. The van der Waals surface area contributed by atoms with Gasteiger partial charge in [0.25, 0.3) is 0 Å². The Bertz CT molecular complexity index is 751. The van der Waals surface area contributed by atoms with E-state index in [0.29, 0.717) is 25.0 Å². The molecule has 1 aliphatic heterocycles. The number of benzene rings is 1. The SMILES string of the molecule is Cc1cc(N2CC[C@@H](C(N)=O)C2)c2cc(OC(F)F)ccc2n1. The number of aryl methyl sites for hydroxylation is 1. The van der Waals surface area contributed by atoms with Gasteiger partial charge in [-0.25, -0.2) is 0 Å². The molecule has 1 aromatic carbocycles. The highest BCUT2D eigenvalue weighted by Gasteiger charge is 2.28. The summed E-state index contributed by atoms with van der Waals surface area (Å²) in [5, 5.41) is 0.721. The highest BCUT2D eigenvalue weighted by atomic mass is 19.3. The normalized spacial score (nSPS) is 17.9. The number of anilines is 1. The van der Waals surface area contributed by atoms with Crippen LogP contribution in [-0.2, 0) is 4.79 Å². The maximum absolute atomic E-state index is 12.4. The van der Waals surface area contributed by atoms with Crippen LogP contribution in [0, 0.1) is 12.8 Å². The molecule has 2 heterocycles. The summed E-state index contributed by atoms with van der Waals surface area (Å²) in [5.74, 6) is -0.423. The van der Waals surface area contributed by atoms with Gasteiger partial charge in [-0.15, -0.1) is 0 Å². The second-order valence-electron chi connectivity index (χ2n) is 5.67. The minimum atomic E-state index is -2.87. The smallest absolute Gasteiger partial charge is 0.387 e. The van der Waals surface area contributed by atoms with Gasteiger partial charge in [-0.05, 0) is 37.6 Å². The first-order chi connectivity index (χ1) is 10.9. The Kier molecular flexibility index (Phi) is 4.02. The number of aromatic nitrogens is 1. The lowest BCUT2D eigenvalue weighted by atomic mass is 10.1. The Labute approximate surface area is 132 Å². The highest BCUT2D eigenvalue weighted by molar-refractivity contribution is 5.93. The number of pyridine rings is 1. The molecule has 1 amide bonds. The van der Waals surface area contributed by atoms with E-state index in [9.17, 15) is 13.6 Å². The van der Waals surface area contributed by atoms with Crippen LogP contribution in [0.25, 0.3) is 10.9 Å². The van der Waals surface area contributed by atoms with Crippen molar-refractivity contribution in [3.63, 3.8) is 0 Å². The predicted molar refractivity (Wildman–Crippen MR) is 82.6 cm³/mol. The number of primary amides is 1. The number of hydrogen-bond acceptors (Lipinski definition) is 4. The summed E-state index contributed by atoms with van der Waals surface area (Å²) in [6.45, 7) is 0.203. The lowest BCUT2D eigenvalue weighted by molar-refractivity contribution is -0.121. The summed E-state index contributed by atoms with van der Waals surface area (Å²) in [6, 6.07) is 6.57. The Balaban J connectivity index is 2.02. The molecular formula is C16H17F2N3O2. The van der Waals surface area contributed by atoms with E-state index in [0.717, 1.165) is 16.8 Å². The van der Waals surface area contributed by atoms with Gasteiger partial charge in [0.15, 0.2) is 0 Å². The summed E-state index contributed by atoms with van der Waals surface area (Å²) in [7, 11) is 0. The monoisotopic (exact) mass is 321 g/mol. The number of alkyl halides is 2. The molecule has 0 unspecified atom stereocenters. The number of amides is 1. The average molecular weight is 321 g/mol. The van der Waals surface area contributed by atoms with Gasteiger partial charge in [0, 0.05) is 29.9 Å². The van der Waals surface area contributed by atoms with Crippen LogP contribution >= 0.6 is 0 Å². The summed E-state index contributed by atoms with van der Waals surface area (Å²) >= 11 is 0. The molecule has 1 fully saturated rings. The van der Waals surface area contributed by atoms with Gasteiger partial charge in [0.2, 0.25) is 5.91 Å². The molecule has 23 heavy (non-hydrogen) atoms. The lowest BCUT2D eigenvalue weighted by Crippen LogP contribution is -2.27. The van der Waals surface area contributed by atoms with Gasteiger partial charge in [-0.1, -0.05) is 0 Å². The van der Waals surface area contributed by atoms with E-state index < -0.39 is 6.61 Å². The summed E-state index contributed by atoms with van der Waals surface area (Å²) in [6.07, 6.45) is 0.686. The second kappa shape index (κ2) is 5.98. The zero-order chi connectivity index (χ0) is 16.6. The molecule has 1 atom stereocenters. The van der Waals surface area contributed by atoms with Gasteiger partial charge in [-0.2, -0.15) is 8.78 Å². The first-order valence-electron chi connectivity index (χ1n) is 7.34. The van der Waals surface area contributed by atoms with Crippen molar-refractivity contribution in [2.24, 2.45) is 11.7 Å². The zero-order valence-electron chi connectivity index (χ0n) is 12.6. The van der Waals surface area contributed by atoms with E-state index in [1.165, 1.54) is 6.07 Å². The molecular weight excluding hydrogens is 304 g/mol. The number of nitrogens with two attached hydrogens (primary N) is 1. The lowest BCUT2D eigenvalue weighted by Gasteiger charge is -2.21. The van der Waals surface area contributed by atoms with Gasteiger partial charge >= 0.3 is 6.61 Å². The fourth-order valence-corrected chi connectivity index (χ4v) is 2.96. The largest absolute Gasteiger partial charge is 0.435 e. The van der Waals surface area contributed by atoms with Crippen molar-refractivity contribution in [3.05, 3.63) is 30.0 Å². The fraction of sp³-hybridized carbons (Fsp3) is 0.375. The Morgan fingerprint density at radius 3 is 2.87 bits per heavy atom. The molecule has 2 aromatic rings. The van der Waals surface area contributed by atoms with Crippen LogP contribution in [0.4, 0.5) is 14.5 Å². The number of hydrogen-bond donors (Lipinski definition) is 1. The predicted octanol–water partition coefficient (Wildman–Crippen LogP) is 2.46. The topological polar surface area (TPSA) is 68.5 Å². The van der Waals surface area contributed by atoms with Crippen LogP contribution in [-0.4, -0.2) is 30.6 Å². The van der Waals surface area contributed by atoms with Crippen LogP contribution in [0.1, 0.15) is 12.1 Å². The second-order valence-corrected chi connectivity index (χ2v) is 5.67. The number of carbonyl (C=O) groups is 1. The van der Waals surface area contributed by atoms with E-state index >= 15 is 0 Å². The van der Waals surface area contributed by atoms with Crippen molar-refractivity contribution in [1.29, 1.82) is 0 Å². The van der Waals surface area contributed by atoms with Crippen LogP contribution in [0.2, 0.25) is 0 Å². The summed E-state index contributed by atoms with van der Waals surface area (Å²) < 4.78 is 29.3. The van der Waals surface area contributed by atoms with Gasteiger partial charge < -0.3 is 15.4 Å². The van der Waals surface area contributed by atoms with Crippen LogP contribution in [0.3, 0.4) is 0 Å². The molecule has 0 saturated carbocycles. The van der Waals surface area contributed by atoms with E-state index in [1.807, 2.05) is 17.9 Å². The van der Waals surface area contributed by atoms with Crippen LogP contribution < -0.4 is 15.4 Å². The molecule has 0 spiro atoms. The molecule has 1 aromatic heterocycles. The van der Waals surface area contributed by atoms with Crippen LogP contribution in [0.5, 0.6) is 5.75 Å². The van der Waals surface area contributed by atoms with Crippen molar-refractivity contribution < 1.29 is 18.3 Å². The number of halogens is 2. The minimum absolute atomic E-state index is 0.0880. The number of carbonyl (C=O) groups excluding carboxylic acids is 1. The average Bonchev–Trinajstić information content (AvgIpc) is 2.96. The van der Waals surface area contributed by atoms with Crippen LogP contribution in [0.15, 0.2) is 24.3 Å². The van der Waals surface area contributed by atoms with Crippen molar-refractivity contribution in [3.8, 4) is 5.75 Å². The van der Waals surface area contributed by atoms with Crippen molar-refractivity contribution in [2.75, 3.05) is 18.0 Å². The third-order valence-corrected chi connectivity index (χ3v) is 4.04. The molecule has 7 heteroatoms. The third-order valence-electron chi connectivity index (χ3n) is 4.04. The molecule has 1 aliphatic rings. The molecule has 1 saturated heterocycles. The maximum Gasteiger partial charge on any atom is 0.387 e. The fourth-order valence-electron chi connectivity index (χ4n) is 2.96. The van der Waals surface area contributed by atoms with Gasteiger partial charge in [0.05, 0.1) is 11.4 Å². The molecule has 0 radical (unpaired) electrons. The summed E-state index contributed by atoms with van der Waals surface area (Å²) in [5.41, 5.74) is 7.75. The van der Waals surface area contributed by atoms with Crippen molar-refractivity contribution in [2.45, 2.75) is 20.0 Å². The molecule has 5 nitrogen and oxygen atoms in total. The number of fused-ring (bicyclic) bond motifs is 1. The highest BCUT2D eigenvalue weighted by Crippen LogP contribution is 2.33. The van der Waals surface area contributed by atoms with Gasteiger partial charge in [0.1, 0.15) is 5.75 Å². The zero-order valence-corrected chi connectivity index (χ0v) is 12.6. The van der Waals surface area contributed by atoms with E-state index in [2.05, 4.69) is 9.72 Å². The van der Waals surface area contributed by atoms with Gasteiger partial charge in [-0.3, -0.25) is 9.78 Å². The molecule has 122 valence electrons. The Hall–Kier alpha value is -2.44. The number of rotatable bonds is 4. The molecule has 2 N–H and O–H groups in total. The quantitative estimate of drug-likeness (QED) is 0.939. The number of ether oxygens (including phenoxy) is 1. The Morgan fingerprint density at radius 2 is 2.22 bits per heavy atom. The first-order valence-corrected chi connectivity index (χ1v) is 7.34. The van der Waals surface area contributed by atoms with Crippen molar-refractivity contribution in [1.82, 2.24) is 4.98 Å². The number of nitrogens with zero attached hydrogens (tertiary/aromatic N) is 2.